The van der Waals surface area contributed by atoms with E-state index in [1.54, 1.807) is 6.07 Å². The van der Waals surface area contributed by atoms with Gasteiger partial charge in [-0.05, 0) is 26.3 Å². The molecule has 0 aliphatic carbocycles. The first-order valence-corrected chi connectivity index (χ1v) is 5.29. The molecule has 17 heavy (non-hydrogen) atoms. The largest absolute Gasteiger partial charge is 0.397 e. The number of nitro groups is 1. The van der Waals surface area contributed by atoms with Crippen LogP contribution in [-0.4, -0.2) is 22.2 Å². The van der Waals surface area contributed by atoms with Crippen molar-refractivity contribution < 1.29 is 10.0 Å². The first kappa shape index (κ1) is 13.2. The molecule has 0 radical (unpaired) electrons. The van der Waals surface area contributed by atoms with Gasteiger partial charge >= 0.3 is 0 Å². The molecule has 0 aliphatic heterocycles. The maximum absolute atomic E-state index is 10.5. The number of non-ortho nitro benzene ring substituents is 1. The van der Waals surface area contributed by atoms with Crippen LogP contribution >= 0.6 is 0 Å². The number of aliphatic hydroxyl groups is 1. The third-order valence-corrected chi connectivity index (χ3v) is 2.46. The van der Waals surface area contributed by atoms with Crippen LogP contribution in [-0.2, 0) is 0 Å². The SMILES string of the molecule is CC(C)(CCO)Nc1ccc([N+](=O)[O-])cc1N. The Balaban J connectivity index is 2.90. The van der Waals surface area contributed by atoms with E-state index < -0.39 is 4.92 Å². The second kappa shape index (κ2) is 5.01. The monoisotopic (exact) mass is 239 g/mol. The van der Waals surface area contributed by atoms with Crippen molar-refractivity contribution in [3.05, 3.63) is 28.3 Å². The minimum atomic E-state index is -0.487. The molecular formula is C11H17N3O3. The lowest BCUT2D eigenvalue weighted by Gasteiger charge is -2.27. The third-order valence-electron chi connectivity index (χ3n) is 2.46. The average molecular weight is 239 g/mol. The Kier molecular flexibility index (Phi) is 3.90. The van der Waals surface area contributed by atoms with Crippen LogP contribution in [0.15, 0.2) is 18.2 Å². The second-order valence-electron chi connectivity index (χ2n) is 4.51. The zero-order valence-corrected chi connectivity index (χ0v) is 9.93. The van der Waals surface area contributed by atoms with Crippen LogP contribution in [0.2, 0.25) is 0 Å². The van der Waals surface area contributed by atoms with E-state index >= 15 is 0 Å². The summed E-state index contributed by atoms with van der Waals surface area (Å²) in [6.07, 6.45) is 0.559. The number of hydrogen-bond donors (Lipinski definition) is 3. The second-order valence-corrected chi connectivity index (χ2v) is 4.51. The molecule has 94 valence electrons. The fourth-order valence-corrected chi connectivity index (χ4v) is 1.48. The van der Waals surface area contributed by atoms with Gasteiger partial charge in [-0.25, -0.2) is 0 Å². The molecule has 0 spiro atoms. The zero-order chi connectivity index (χ0) is 13.1. The van der Waals surface area contributed by atoms with Gasteiger partial charge in [0.1, 0.15) is 0 Å². The molecule has 1 rings (SSSR count). The Labute approximate surface area is 99.6 Å². The summed E-state index contributed by atoms with van der Waals surface area (Å²) >= 11 is 0. The first-order chi connectivity index (χ1) is 7.85. The molecule has 0 heterocycles. The maximum Gasteiger partial charge on any atom is 0.271 e. The zero-order valence-electron chi connectivity index (χ0n) is 9.93. The van der Waals surface area contributed by atoms with Gasteiger partial charge < -0.3 is 16.2 Å². The van der Waals surface area contributed by atoms with Gasteiger partial charge in [0.2, 0.25) is 0 Å². The van der Waals surface area contributed by atoms with Gasteiger partial charge in [-0.3, -0.25) is 10.1 Å². The smallest absolute Gasteiger partial charge is 0.271 e. The average Bonchev–Trinajstić information content (AvgIpc) is 2.20. The number of nitrogens with one attached hydrogen (secondary N) is 1. The first-order valence-electron chi connectivity index (χ1n) is 5.29. The number of benzene rings is 1. The highest BCUT2D eigenvalue weighted by atomic mass is 16.6. The molecule has 0 amide bonds. The predicted octanol–water partition coefficient (Wildman–Crippen LogP) is 1.75. The summed E-state index contributed by atoms with van der Waals surface area (Å²) in [5, 5.41) is 22.6. The van der Waals surface area contributed by atoms with Gasteiger partial charge in [0, 0.05) is 24.3 Å². The Hall–Kier alpha value is -1.82. The number of nitrogens with two attached hydrogens (primary N) is 1. The van der Waals surface area contributed by atoms with E-state index in [9.17, 15) is 10.1 Å². The number of nitrogens with zero attached hydrogens (tertiary/aromatic N) is 1. The van der Waals surface area contributed by atoms with Crippen molar-refractivity contribution in [2.24, 2.45) is 0 Å². The summed E-state index contributed by atoms with van der Waals surface area (Å²) in [5.74, 6) is 0. The molecule has 0 saturated heterocycles. The van der Waals surface area contributed by atoms with Crippen molar-refractivity contribution in [1.82, 2.24) is 0 Å². The summed E-state index contributed by atoms with van der Waals surface area (Å²) in [6.45, 7) is 3.90. The van der Waals surface area contributed by atoms with Gasteiger partial charge in [-0.15, -0.1) is 0 Å². The van der Waals surface area contributed by atoms with Crippen molar-refractivity contribution in [3.8, 4) is 0 Å². The molecule has 1 aromatic carbocycles. The van der Waals surface area contributed by atoms with Gasteiger partial charge in [0.05, 0.1) is 16.3 Å². The summed E-state index contributed by atoms with van der Waals surface area (Å²) in [6, 6.07) is 4.29. The van der Waals surface area contributed by atoms with E-state index in [1.165, 1.54) is 12.1 Å². The lowest BCUT2D eigenvalue weighted by molar-refractivity contribution is -0.384. The van der Waals surface area contributed by atoms with Crippen LogP contribution in [0.25, 0.3) is 0 Å². The van der Waals surface area contributed by atoms with E-state index in [4.69, 9.17) is 10.8 Å². The molecule has 0 saturated carbocycles. The lowest BCUT2D eigenvalue weighted by Crippen LogP contribution is -2.32. The molecule has 1 aromatic rings. The maximum atomic E-state index is 10.5. The summed E-state index contributed by atoms with van der Waals surface area (Å²) in [7, 11) is 0. The highest BCUT2D eigenvalue weighted by molar-refractivity contribution is 5.70. The summed E-state index contributed by atoms with van der Waals surface area (Å²) < 4.78 is 0. The quantitative estimate of drug-likeness (QED) is 0.413. The van der Waals surface area contributed by atoms with Gasteiger partial charge in [0.15, 0.2) is 0 Å². The molecule has 0 fully saturated rings. The normalized spacial score (nSPS) is 11.2. The van der Waals surface area contributed by atoms with Crippen molar-refractivity contribution in [2.75, 3.05) is 17.7 Å². The fraction of sp³-hybridized carbons (Fsp3) is 0.455. The van der Waals surface area contributed by atoms with E-state index in [0.29, 0.717) is 17.8 Å². The summed E-state index contributed by atoms with van der Waals surface area (Å²) in [5.41, 5.74) is 6.34. The molecule has 6 heteroatoms. The minimum Gasteiger partial charge on any atom is -0.397 e. The van der Waals surface area contributed by atoms with E-state index in [-0.39, 0.29) is 17.8 Å². The highest BCUT2D eigenvalue weighted by Gasteiger charge is 2.18. The van der Waals surface area contributed by atoms with E-state index in [0.717, 1.165) is 0 Å². The van der Waals surface area contributed by atoms with Crippen LogP contribution in [0.5, 0.6) is 0 Å². The van der Waals surface area contributed by atoms with Crippen LogP contribution in [0.3, 0.4) is 0 Å². The molecule has 0 atom stereocenters. The van der Waals surface area contributed by atoms with E-state index in [1.807, 2.05) is 13.8 Å². The molecule has 0 aromatic heterocycles. The van der Waals surface area contributed by atoms with Crippen molar-refractivity contribution in [2.45, 2.75) is 25.8 Å². The predicted molar refractivity (Wildman–Crippen MR) is 66.9 cm³/mol. The van der Waals surface area contributed by atoms with Crippen molar-refractivity contribution in [3.63, 3.8) is 0 Å². The van der Waals surface area contributed by atoms with Crippen LogP contribution in [0.1, 0.15) is 20.3 Å². The highest BCUT2D eigenvalue weighted by Crippen LogP contribution is 2.27. The van der Waals surface area contributed by atoms with Gasteiger partial charge in [-0.1, -0.05) is 0 Å². The number of anilines is 2. The fourth-order valence-electron chi connectivity index (χ4n) is 1.48. The Morgan fingerprint density at radius 2 is 2.18 bits per heavy atom. The summed E-state index contributed by atoms with van der Waals surface area (Å²) in [4.78, 5) is 10.1. The number of nitrogen functional groups attached to an aromatic ring is 1. The van der Waals surface area contributed by atoms with Crippen LogP contribution in [0, 0.1) is 10.1 Å². The van der Waals surface area contributed by atoms with Crippen molar-refractivity contribution >= 4 is 17.1 Å². The Bertz CT molecular complexity index is 418. The molecule has 0 aliphatic rings. The number of rotatable bonds is 5. The van der Waals surface area contributed by atoms with Crippen molar-refractivity contribution in [1.29, 1.82) is 0 Å². The molecule has 4 N–H and O–H groups in total. The minimum absolute atomic E-state index is 0.0342. The third kappa shape index (κ3) is 3.60. The lowest BCUT2D eigenvalue weighted by atomic mass is 10.0. The molecular weight excluding hydrogens is 222 g/mol. The van der Waals surface area contributed by atoms with E-state index in [2.05, 4.69) is 5.32 Å². The van der Waals surface area contributed by atoms with Crippen LogP contribution < -0.4 is 11.1 Å². The topological polar surface area (TPSA) is 101 Å². The van der Waals surface area contributed by atoms with Crippen LogP contribution in [0.4, 0.5) is 17.1 Å². The number of aliphatic hydroxyl groups excluding tert-OH is 1. The number of hydrogen-bond acceptors (Lipinski definition) is 5. The Morgan fingerprint density at radius 3 is 2.65 bits per heavy atom. The Morgan fingerprint density at radius 1 is 1.53 bits per heavy atom. The number of nitro benzene ring substituents is 1. The molecule has 0 bridgehead atoms. The standard InChI is InChI=1S/C11H17N3O3/c1-11(2,5-6-15)13-10-4-3-8(14(16)17)7-9(10)12/h3-4,7,13,15H,5-6,12H2,1-2H3. The molecule has 6 nitrogen and oxygen atoms in total. The molecule has 0 unspecified atom stereocenters. The van der Waals surface area contributed by atoms with Gasteiger partial charge in [-0.2, -0.15) is 0 Å². The van der Waals surface area contributed by atoms with Gasteiger partial charge in [0.25, 0.3) is 5.69 Å².